The third-order valence-corrected chi connectivity index (χ3v) is 1.95. The van der Waals surface area contributed by atoms with Gasteiger partial charge in [-0.15, -0.1) is 0 Å². The molecule has 2 N–H and O–H groups in total. The summed E-state index contributed by atoms with van der Waals surface area (Å²) in [6.45, 7) is 2.01. The highest BCUT2D eigenvalue weighted by atomic mass is 16.5. The van der Waals surface area contributed by atoms with Gasteiger partial charge in [0, 0.05) is 7.11 Å². The van der Waals surface area contributed by atoms with Crippen LogP contribution in [0.4, 0.5) is 0 Å². The van der Waals surface area contributed by atoms with E-state index in [1.807, 2.05) is 0 Å². The van der Waals surface area contributed by atoms with Gasteiger partial charge in [-0.05, 0) is 6.42 Å². The molecule has 0 saturated carbocycles. The highest BCUT2D eigenvalue weighted by Gasteiger charge is 2.30. The summed E-state index contributed by atoms with van der Waals surface area (Å²) in [6.07, 6.45) is 0.896. The van der Waals surface area contributed by atoms with Gasteiger partial charge in [0.05, 0.1) is 18.6 Å². The molecule has 5 nitrogen and oxygen atoms in total. The molecule has 0 fully saturated rings. The Labute approximate surface area is 77.1 Å². The zero-order valence-electron chi connectivity index (χ0n) is 7.87. The molecule has 0 saturated heterocycles. The van der Waals surface area contributed by atoms with Crippen LogP contribution in [-0.4, -0.2) is 36.7 Å². The number of amides is 1. The zero-order valence-corrected chi connectivity index (χ0v) is 7.87. The van der Waals surface area contributed by atoms with Crippen molar-refractivity contribution in [1.82, 2.24) is 5.32 Å². The van der Waals surface area contributed by atoms with E-state index in [1.165, 1.54) is 7.11 Å². The summed E-state index contributed by atoms with van der Waals surface area (Å²) in [6, 6.07) is 0. The Hall–Kier alpha value is -1.10. The SMILES string of the molecule is CCC(COC)(CC(=O)O)NC=O. The first-order chi connectivity index (χ1) is 6.10. The molecule has 0 rings (SSSR count). The summed E-state index contributed by atoms with van der Waals surface area (Å²) in [4.78, 5) is 20.8. The molecule has 0 bridgehead atoms. The Morgan fingerprint density at radius 3 is 2.62 bits per heavy atom. The Balaban J connectivity index is 4.41. The topological polar surface area (TPSA) is 75.6 Å². The predicted molar refractivity (Wildman–Crippen MR) is 46.4 cm³/mol. The van der Waals surface area contributed by atoms with Crippen molar-refractivity contribution in [1.29, 1.82) is 0 Å². The number of ether oxygens (including phenoxy) is 1. The van der Waals surface area contributed by atoms with Crippen LogP contribution >= 0.6 is 0 Å². The van der Waals surface area contributed by atoms with Crippen LogP contribution in [0.1, 0.15) is 19.8 Å². The lowest BCUT2D eigenvalue weighted by Gasteiger charge is -2.29. The van der Waals surface area contributed by atoms with E-state index in [-0.39, 0.29) is 13.0 Å². The second-order valence-corrected chi connectivity index (χ2v) is 2.90. The van der Waals surface area contributed by atoms with Gasteiger partial charge in [0.15, 0.2) is 0 Å². The first kappa shape index (κ1) is 11.9. The Bertz CT molecular complexity index is 183. The summed E-state index contributed by atoms with van der Waals surface area (Å²) in [7, 11) is 1.47. The van der Waals surface area contributed by atoms with Crippen LogP contribution in [-0.2, 0) is 14.3 Å². The minimum absolute atomic E-state index is 0.129. The lowest BCUT2D eigenvalue weighted by Crippen LogP contribution is -2.49. The predicted octanol–water partition coefficient (Wildman–Crippen LogP) is 0.00230. The first-order valence-corrected chi connectivity index (χ1v) is 4.02. The number of carboxylic acid groups (broad SMARTS) is 1. The van der Waals surface area contributed by atoms with Crippen LogP contribution in [0.3, 0.4) is 0 Å². The number of rotatable bonds is 7. The van der Waals surface area contributed by atoms with Gasteiger partial charge in [0.1, 0.15) is 0 Å². The van der Waals surface area contributed by atoms with Crippen molar-refractivity contribution in [2.24, 2.45) is 0 Å². The number of hydrogen-bond donors (Lipinski definition) is 2. The summed E-state index contributed by atoms with van der Waals surface area (Å²) >= 11 is 0. The van der Waals surface area contributed by atoms with E-state index in [2.05, 4.69) is 5.32 Å². The fraction of sp³-hybridized carbons (Fsp3) is 0.750. The molecule has 0 aliphatic carbocycles. The summed E-state index contributed by atoms with van der Waals surface area (Å²) < 4.78 is 4.87. The highest BCUT2D eigenvalue weighted by molar-refractivity contribution is 5.69. The van der Waals surface area contributed by atoms with Gasteiger partial charge in [0.25, 0.3) is 0 Å². The molecule has 0 aromatic rings. The minimum atomic E-state index is -0.951. The fourth-order valence-corrected chi connectivity index (χ4v) is 1.16. The van der Waals surface area contributed by atoms with E-state index in [0.717, 1.165) is 0 Å². The second kappa shape index (κ2) is 5.53. The van der Waals surface area contributed by atoms with Crippen molar-refractivity contribution in [3.05, 3.63) is 0 Å². The molecular weight excluding hydrogens is 174 g/mol. The average Bonchev–Trinajstić information content (AvgIpc) is 2.04. The minimum Gasteiger partial charge on any atom is -0.481 e. The highest BCUT2D eigenvalue weighted by Crippen LogP contribution is 2.15. The second-order valence-electron chi connectivity index (χ2n) is 2.90. The zero-order chi connectivity index (χ0) is 10.3. The van der Waals surface area contributed by atoms with Gasteiger partial charge in [-0.25, -0.2) is 0 Å². The molecule has 1 atom stereocenters. The maximum Gasteiger partial charge on any atom is 0.305 e. The van der Waals surface area contributed by atoms with Gasteiger partial charge < -0.3 is 15.2 Å². The number of carbonyl (C=O) groups is 2. The standard InChI is InChI=1S/C8H15NO4/c1-3-8(5-13-2,9-6-10)4-7(11)12/h6H,3-5H2,1-2H3,(H,9,10)(H,11,12). The quantitative estimate of drug-likeness (QED) is 0.553. The molecule has 0 radical (unpaired) electrons. The Morgan fingerprint density at radius 1 is 1.69 bits per heavy atom. The molecule has 0 aliphatic rings. The number of carbonyl (C=O) groups excluding carboxylic acids is 1. The van der Waals surface area contributed by atoms with Crippen molar-refractivity contribution in [3.8, 4) is 0 Å². The average molecular weight is 189 g/mol. The van der Waals surface area contributed by atoms with Crippen molar-refractivity contribution in [3.63, 3.8) is 0 Å². The van der Waals surface area contributed by atoms with Crippen molar-refractivity contribution in [2.75, 3.05) is 13.7 Å². The van der Waals surface area contributed by atoms with Crippen LogP contribution in [0.15, 0.2) is 0 Å². The molecule has 13 heavy (non-hydrogen) atoms. The van der Waals surface area contributed by atoms with E-state index < -0.39 is 11.5 Å². The van der Waals surface area contributed by atoms with Gasteiger partial charge in [-0.1, -0.05) is 6.92 Å². The molecule has 1 unspecified atom stereocenters. The molecule has 76 valence electrons. The number of hydrogen-bond acceptors (Lipinski definition) is 3. The normalized spacial score (nSPS) is 14.6. The van der Waals surface area contributed by atoms with Crippen LogP contribution in [0.2, 0.25) is 0 Å². The van der Waals surface area contributed by atoms with Crippen molar-refractivity contribution in [2.45, 2.75) is 25.3 Å². The fourth-order valence-electron chi connectivity index (χ4n) is 1.16. The van der Waals surface area contributed by atoms with Gasteiger partial charge >= 0.3 is 5.97 Å². The van der Waals surface area contributed by atoms with Gasteiger partial charge in [-0.3, -0.25) is 9.59 Å². The summed E-state index contributed by atoms with van der Waals surface area (Å²) in [5.74, 6) is -0.951. The number of carboxylic acids is 1. The monoisotopic (exact) mass is 189 g/mol. The number of aliphatic carboxylic acids is 1. The molecular formula is C8H15NO4. The molecule has 1 amide bonds. The van der Waals surface area contributed by atoms with E-state index in [0.29, 0.717) is 12.8 Å². The molecule has 0 aromatic heterocycles. The van der Waals surface area contributed by atoms with Crippen LogP contribution < -0.4 is 5.32 Å². The molecule has 5 heteroatoms. The summed E-state index contributed by atoms with van der Waals surface area (Å²) in [5, 5.41) is 11.1. The van der Waals surface area contributed by atoms with Gasteiger partial charge in [0.2, 0.25) is 6.41 Å². The largest absolute Gasteiger partial charge is 0.481 e. The van der Waals surface area contributed by atoms with E-state index in [9.17, 15) is 9.59 Å². The third kappa shape index (κ3) is 3.89. The van der Waals surface area contributed by atoms with Crippen LogP contribution in [0, 0.1) is 0 Å². The molecule has 0 spiro atoms. The first-order valence-electron chi connectivity index (χ1n) is 4.02. The van der Waals surface area contributed by atoms with Gasteiger partial charge in [-0.2, -0.15) is 0 Å². The maximum atomic E-state index is 10.5. The molecule has 0 aromatic carbocycles. The molecule has 0 heterocycles. The van der Waals surface area contributed by atoms with E-state index in [1.54, 1.807) is 6.92 Å². The van der Waals surface area contributed by atoms with Crippen molar-refractivity contribution >= 4 is 12.4 Å². The Kier molecular flexibility index (Phi) is 5.06. The van der Waals surface area contributed by atoms with Crippen LogP contribution in [0.5, 0.6) is 0 Å². The number of methoxy groups -OCH3 is 1. The lowest BCUT2D eigenvalue weighted by atomic mass is 9.93. The maximum absolute atomic E-state index is 10.5. The smallest absolute Gasteiger partial charge is 0.305 e. The number of nitrogens with one attached hydrogen (secondary N) is 1. The molecule has 0 aliphatic heterocycles. The Morgan fingerprint density at radius 2 is 2.31 bits per heavy atom. The summed E-state index contributed by atoms with van der Waals surface area (Å²) in [5.41, 5.74) is -0.775. The van der Waals surface area contributed by atoms with Crippen molar-refractivity contribution < 1.29 is 19.4 Å². The van der Waals surface area contributed by atoms with E-state index >= 15 is 0 Å². The van der Waals surface area contributed by atoms with E-state index in [4.69, 9.17) is 9.84 Å². The lowest BCUT2D eigenvalue weighted by molar-refractivity contribution is -0.139. The van der Waals surface area contributed by atoms with Crippen LogP contribution in [0.25, 0.3) is 0 Å². The third-order valence-electron chi connectivity index (χ3n) is 1.95.